The number of halogens is 2. The summed E-state index contributed by atoms with van der Waals surface area (Å²) in [5.41, 5.74) is 2.00. The highest BCUT2D eigenvalue weighted by Crippen LogP contribution is 2.32. The molecule has 0 unspecified atom stereocenters. The number of hydrogen-bond acceptors (Lipinski definition) is 8. The summed E-state index contributed by atoms with van der Waals surface area (Å²) in [4.78, 5) is 32.1. The summed E-state index contributed by atoms with van der Waals surface area (Å²) in [7, 11) is 3.07. The van der Waals surface area contributed by atoms with Crippen molar-refractivity contribution < 1.29 is 28.1 Å². The van der Waals surface area contributed by atoms with Gasteiger partial charge in [-0.3, -0.25) is 9.36 Å². The number of ether oxygens (including phenoxy) is 4. The number of carbonyl (C=O) groups excluding carboxylic acids is 1. The molecule has 8 nitrogen and oxygen atoms in total. The molecule has 0 fully saturated rings. The van der Waals surface area contributed by atoms with Gasteiger partial charge in [-0.15, -0.1) is 0 Å². The topological polar surface area (TPSA) is 88.4 Å². The van der Waals surface area contributed by atoms with Crippen LogP contribution >= 0.6 is 22.9 Å². The van der Waals surface area contributed by atoms with Gasteiger partial charge in [0.1, 0.15) is 18.2 Å². The number of aromatic nitrogens is 1. The molecule has 0 bridgehead atoms. The van der Waals surface area contributed by atoms with Gasteiger partial charge in [0.2, 0.25) is 0 Å². The minimum absolute atomic E-state index is 0.120. The third-order valence-corrected chi connectivity index (χ3v) is 8.20. The molecule has 1 aliphatic heterocycles. The van der Waals surface area contributed by atoms with Crippen molar-refractivity contribution in [3.63, 3.8) is 0 Å². The first-order chi connectivity index (χ1) is 20.7. The maximum atomic E-state index is 14.3. The maximum Gasteiger partial charge on any atom is 0.338 e. The second-order valence-electron chi connectivity index (χ2n) is 9.47. The molecule has 1 atom stereocenters. The SMILES string of the molecule is CCOC(=O)C1=C(C)N=c2sc(=Cc3ccc(OC)c(OCc4c(F)cccc4Cl)c3)c(=O)n2[C@@H]1c1ccc(OC)cc1. The summed E-state index contributed by atoms with van der Waals surface area (Å²) >= 11 is 7.37. The molecule has 2 heterocycles. The lowest BCUT2D eigenvalue weighted by Crippen LogP contribution is -2.39. The Morgan fingerprint density at radius 2 is 1.86 bits per heavy atom. The molecule has 43 heavy (non-hydrogen) atoms. The Balaban J connectivity index is 1.58. The van der Waals surface area contributed by atoms with Crippen molar-refractivity contribution in [1.29, 1.82) is 0 Å². The van der Waals surface area contributed by atoms with Crippen molar-refractivity contribution in [3.05, 3.63) is 119 Å². The number of allylic oxidation sites excluding steroid dienone is 1. The summed E-state index contributed by atoms with van der Waals surface area (Å²) in [6, 6.07) is 16.0. The predicted molar refractivity (Wildman–Crippen MR) is 162 cm³/mol. The van der Waals surface area contributed by atoms with E-state index in [9.17, 15) is 14.0 Å². The Hall–Kier alpha value is -4.41. The third kappa shape index (κ3) is 6.07. The van der Waals surface area contributed by atoms with Crippen LogP contribution in [0.1, 0.15) is 36.6 Å². The Labute approximate surface area is 255 Å². The Bertz CT molecular complexity index is 1880. The van der Waals surface area contributed by atoms with Crippen LogP contribution in [0.3, 0.4) is 0 Å². The molecule has 0 saturated carbocycles. The van der Waals surface area contributed by atoms with Gasteiger partial charge in [-0.1, -0.05) is 47.2 Å². The van der Waals surface area contributed by atoms with Crippen LogP contribution in [0.4, 0.5) is 4.39 Å². The summed E-state index contributed by atoms with van der Waals surface area (Å²) in [6.07, 6.45) is 1.71. The molecule has 0 N–H and O–H groups in total. The fourth-order valence-corrected chi connectivity index (χ4v) is 6.02. The molecular weight excluding hydrogens is 595 g/mol. The summed E-state index contributed by atoms with van der Waals surface area (Å²) in [5.74, 6) is 0.405. The van der Waals surface area contributed by atoms with Crippen LogP contribution in [0.25, 0.3) is 6.08 Å². The van der Waals surface area contributed by atoms with Gasteiger partial charge in [-0.25, -0.2) is 14.2 Å². The zero-order valence-electron chi connectivity index (χ0n) is 23.9. The van der Waals surface area contributed by atoms with Crippen molar-refractivity contribution >= 4 is 35.0 Å². The van der Waals surface area contributed by atoms with E-state index in [-0.39, 0.29) is 34.9 Å². The lowest BCUT2D eigenvalue weighted by Gasteiger charge is -2.24. The number of esters is 1. The molecule has 0 radical (unpaired) electrons. The van der Waals surface area contributed by atoms with Crippen LogP contribution in [0.2, 0.25) is 5.02 Å². The molecular formula is C32H28ClFN2O6S. The van der Waals surface area contributed by atoms with Crippen molar-refractivity contribution in [2.45, 2.75) is 26.5 Å². The average molecular weight is 623 g/mol. The normalized spacial score (nSPS) is 14.7. The largest absolute Gasteiger partial charge is 0.497 e. The van der Waals surface area contributed by atoms with Gasteiger partial charge in [-0.2, -0.15) is 0 Å². The summed E-state index contributed by atoms with van der Waals surface area (Å²) in [6.45, 7) is 3.52. The Morgan fingerprint density at radius 3 is 2.53 bits per heavy atom. The van der Waals surface area contributed by atoms with Crippen molar-refractivity contribution in [2.24, 2.45) is 4.99 Å². The van der Waals surface area contributed by atoms with E-state index in [2.05, 4.69) is 4.99 Å². The second-order valence-corrected chi connectivity index (χ2v) is 10.9. The van der Waals surface area contributed by atoms with E-state index in [1.807, 2.05) is 12.1 Å². The highest BCUT2D eigenvalue weighted by Gasteiger charge is 2.33. The van der Waals surface area contributed by atoms with Gasteiger partial charge < -0.3 is 18.9 Å². The number of methoxy groups -OCH3 is 2. The molecule has 0 amide bonds. The van der Waals surface area contributed by atoms with Crippen LogP contribution in [0.5, 0.6) is 17.2 Å². The highest BCUT2D eigenvalue weighted by molar-refractivity contribution is 7.07. The molecule has 222 valence electrons. The van der Waals surface area contributed by atoms with E-state index in [1.165, 1.54) is 35.1 Å². The van der Waals surface area contributed by atoms with Gasteiger partial charge in [0.15, 0.2) is 16.3 Å². The summed E-state index contributed by atoms with van der Waals surface area (Å²) < 4.78 is 38.2. The fourth-order valence-electron chi connectivity index (χ4n) is 4.76. The van der Waals surface area contributed by atoms with Crippen molar-refractivity contribution in [2.75, 3.05) is 20.8 Å². The van der Waals surface area contributed by atoms with Gasteiger partial charge in [-0.05, 0) is 67.4 Å². The third-order valence-electron chi connectivity index (χ3n) is 6.87. The van der Waals surface area contributed by atoms with Gasteiger partial charge in [0, 0.05) is 5.56 Å². The molecule has 11 heteroatoms. The molecule has 0 saturated heterocycles. The number of hydrogen-bond donors (Lipinski definition) is 0. The lowest BCUT2D eigenvalue weighted by molar-refractivity contribution is -0.139. The van der Waals surface area contributed by atoms with Crippen LogP contribution < -0.4 is 29.1 Å². The lowest BCUT2D eigenvalue weighted by atomic mass is 9.96. The van der Waals surface area contributed by atoms with E-state index >= 15 is 0 Å². The number of thiazole rings is 1. The number of fused-ring (bicyclic) bond motifs is 1. The van der Waals surface area contributed by atoms with Gasteiger partial charge >= 0.3 is 5.97 Å². The number of nitrogens with zero attached hydrogens (tertiary/aromatic N) is 2. The zero-order valence-corrected chi connectivity index (χ0v) is 25.4. The minimum Gasteiger partial charge on any atom is -0.497 e. The predicted octanol–water partition coefficient (Wildman–Crippen LogP) is 5.19. The monoisotopic (exact) mass is 622 g/mol. The molecule has 1 aromatic heterocycles. The van der Waals surface area contributed by atoms with E-state index in [0.29, 0.717) is 43.4 Å². The minimum atomic E-state index is -0.747. The van der Waals surface area contributed by atoms with Crippen LogP contribution in [0, 0.1) is 5.82 Å². The quantitative estimate of drug-likeness (QED) is 0.239. The van der Waals surface area contributed by atoms with E-state index in [0.717, 1.165) is 0 Å². The van der Waals surface area contributed by atoms with E-state index in [1.54, 1.807) is 63.4 Å². The molecule has 1 aliphatic rings. The Morgan fingerprint density at radius 1 is 1.09 bits per heavy atom. The number of rotatable bonds is 9. The van der Waals surface area contributed by atoms with E-state index < -0.39 is 17.8 Å². The zero-order chi connectivity index (χ0) is 30.7. The first-order valence-electron chi connectivity index (χ1n) is 13.3. The Kier molecular flexibility index (Phi) is 8.98. The average Bonchev–Trinajstić information content (AvgIpc) is 3.30. The second kappa shape index (κ2) is 12.8. The number of benzene rings is 3. The standard InChI is InChI=1S/C32H28ClFN2O6S/c1-5-41-31(38)28-18(2)35-32-36(29(28)20-10-12-21(39-3)13-11-20)30(37)27(43-32)16-19-9-14-25(40-4)26(15-19)42-17-22-23(33)7-6-8-24(22)34/h6-16,29H,5,17H2,1-4H3/t29-/m1/s1. The summed E-state index contributed by atoms with van der Waals surface area (Å²) in [5, 5.41) is 0.250. The molecule has 4 aromatic rings. The van der Waals surface area contributed by atoms with Crippen LogP contribution in [0.15, 0.2) is 81.7 Å². The first kappa shape index (κ1) is 30.1. The van der Waals surface area contributed by atoms with Crippen molar-refractivity contribution in [1.82, 2.24) is 4.57 Å². The molecule has 0 aliphatic carbocycles. The smallest absolute Gasteiger partial charge is 0.338 e. The number of carbonyl (C=O) groups is 1. The highest BCUT2D eigenvalue weighted by atomic mass is 35.5. The van der Waals surface area contributed by atoms with Crippen LogP contribution in [-0.4, -0.2) is 31.4 Å². The van der Waals surface area contributed by atoms with Gasteiger partial charge in [0.25, 0.3) is 5.56 Å². The molecule has 3 aromatic carbocycles. The molecule has 0 spiro atoms. The van der Waals surface area contributed by atoms with Crippen molar-refractivity contribution in [3.8, 4) is 17.2 Å². The van der Waals surface area contributed by atoms with Gasteiger partial charge in [0.05, 0.1) is 47.7 Å². The fraction of sp³-hybridized carbons (Fsp3) is 0.219. The molecule has 5 rings (SSSR count). The van der Waals surface area contributed by atoms with E-state index in [4.69, 9.17) is 30.5 Å². The van der Waals surface area contributed by atoms with Crippen LogP contribution in [-0.2, 0) is 16.1 Å². The first-order valence-corrected chi connectivity index (χ1v) is 14.5. The maximum absolute atomic E-state index is 14.3.